The van der Waals surface area contributed by atoms with E-state index in [1.54, 1.807) is 42.5 Å². The van der Waals surface area contributed by atoms with Crippen molar-refractivity contribution < 1.29 is 57.8 Å². The number of carbonyl (C=O) groups excluding carboxylic acids is 11. The number of thiol groups is 1. The fourth-order valence-electron chi connectivity index (χ4n) is 7.59. The van der Waals surface area contributed by atoms with Crippen LogP contribution in [0, 0.1) is 0 Å². The molecule has 74 heavy (non-hydrogen) atoms. The van der Waals surface area contributed by atoms with Crippen LogP contribution in [-0.4, -0.2) is 149 Å². The lowest BCUT2D eigenvalue weighted by Gasteiger charge is -2.29. The van der Waals surface area contributed by atoms with Gasteiger partial charge in [-0.1, -0.05) is 53.3 Å². The maximum Gasteiger partial charge on any atom is 0.245 e. The van der Waals surface area contributed by atoms with Gasteiger partial charge in [-0.15, -0.1) is 11.7 Å². The molecule has 6 unspecified atom stereocenters. The number of phenolic OH excluding ortho intramolecular Hbond substituents is 1. The van der Waals surface area contributed by atoms with Crippen LogP contribution < -0.4 is 65.9 Å². The molecule has 26 nitrogen and oxygen atoms in total. The van der Waals surface area contributed by atoms with Crippen molar-refractivity contribution in [1.29, 1.82) is 0 Å². The van der Waals surface area contributed by atoms with Gasteiger partial charge in [0.1, 0.15) is 48.0 Å². The smallest absolute Gasteiger partial charge is 0.245 e. The zero-order chi connectivity index (χ0) is 54.9. The largest absolute Gasteiger partial charge is 0.508 e. The minimum absolute atomic E-state index is 0.0101. The van der Waals surface area contributed by atoms with Crippen LogP contribution in [0.4, 0.5) is 0 Å². The zero-order valence-electron chi connectivity index (χ0n) is 40.7. The predicted molar refractivity (Wildman–Crippen MR) is 274 cm³/mol. The van der Waals surface area contributed by atoms with Crippen LogP contribution in [0.2, 0.25) is 0 Å². The minimum Gasteiger partial charge on any atom is -0.508 e. The van der Waals surface area contributed by atoms with Gasteiger partial charge in [0.05, 0.1) is 13.0 Å². The van der Waals surface area contributed by atoms with Gasteiger partial charge in [0, 0.05) is 44.5 Å². The number of aromatic hydroxyl groups is 1. The Labute approximate surface area is 435 Å². The third kappa shape index (κ3) is 21.6. The molecule has 404 valence electrons. The number of nitrogens with zero attached hydrogens (tertiary/aromatic N) is 2. The molecule has 0 radical (unpaired) electrons. The number of carbonyl (C=O) groups is 11. The molecule has 28 heteroatoms. The quantitative estimate of drug-likeness (QED) is 0.0112. The number of likely N-dealkylation sites (tertiary alicyclic amines) is 1. The number of nitrogens with two attached hydrogens (primary N) is 5. The number of hydrogen-bond donors (Lipinski definition) is 14. The first-order valence-electron chi connectivity index (χ1n) is 23.5. The molecule has 0 spiro atoms. The Bertz CT molecular complexity index is 2340. The maximum absolute atomic E-state index is 14.2. The highest BCUT2D eigenvalue weighted by molar-refractivity contribution is 8.68. The van der Waals surface area contributed by atoms with Crippen molar-refractivity contribution in [3.8, 4) is 5.75 Å². The molecule has 0 bridgehead atoms. The summed E-state index contributed by atoms with van der Waals surface area (Å²) in [5.74, 6) is -9.22. The van der Waals surface area contributed by atoms with Gasteiger partial charge < -0.3 is 75.9 Å². The van der Waals surface area contributed by atoms with Gasteiger partial charge in [0.25, 0.3) is 0 Å². The molecule has 0 aliphatic carbocycles. The van der Waals surface area contributed by atoms with Crippen LogP contribution in [0.15, 0.2) is 59.6 Å². The van der Waals surface area contributed by atoms with Crippen molar-refractivity contribution >= 4 is 93.4 Å². The Morgan fingerprint density at radius 2 is 1.24 bits per heavy atom. The van der Waals surface area contributed by atoms with Crippen LogP contribution in [0.1, 0.15) is 69.4 Å². The molecule has 3 rings (SSSR count). The average molecular weight is 1070 g/mol. The van der Waals surface area contributed by atoms with Crippen LogP contribution in [0.5, 0.6) is 5.75 Å². The van der Waals surface area contributed by atoms with Gasteiger partial charge >= 0.3 is 0 Å². The first-order valence-corrected chi connectivity index (χ1v) is 25.5. The number of benzene rings is 2. The molecule has 2 aromatic rings. The van der Waals surface area contributed by atoms with E-state index < -0.39 is 133 Å². The second kappa shape index (κ2) is 31.1. The maximum atomic E-state index is 14.2. The van der Waals surface area contributed by atoms with Crippen molar-refractivity contribution in [2.24, 2.45) is 33.7 Å². The number of phenols is 1. The van der Waals surface area contributed by atoms with Crippen LogP contribution in [-0.2, 0) is 65.6 Å². The van der Waals surface area contributed by atoms with Crippen molar-refractivity contribution in [1.82, 2.24) is 42.1 Å². The molecule has 7 atom stereocenters. The second-order valence-electron chi connectivity index (χ2n) is 17.2. The SMILES string of the molecule is C[C@H](NC(=O)C(CC(N)=O)NC(=O)C(CCC(N)=O)NC(=O)C(Cc1ccccc1)NC(=O)C(Cc1ccc(O)cc1)NC(=O)CCSS)C(=O)N1CCCC1C(=O)NC(CCCN=C(N)N)C(=O)NCC(N)=O. The van der Waals surface area contributed by atoms with Gasteiger partial charge in [-0.2, -0.15) is 0 Å². The third-order valence-electron chi connectivity index (χ3n) is 11.3. The first-order chi connectivity index (χ1) is 35.1. The van der Waals surface area contributed by atoms with Gasteiger partial charge in [0.2, 0.25) is 65.0 Å². The molecule has 0 aromatic heterocycles. The number of hydrogen-bond acceptors (Lipinski definition) is 15. The Morgan fingerprint density at radius 1 is 0.676 bits per heavy atom. The lowest BCUT2D eigenvalue weighted by Crippen LogP contribution is -2.60. The summed E-state index contributed by atoms with van der Waals surface area (Å²) in [6.07, 6.45) is -1.07. The van der Waals surface area contributed by atoms with E-state index in [4.69, 9.17) is 28.7 Å². The molecule has 0 saturated carbocycles. The lowest BCUT2D eigenvalue weighted by atomic mass is 10.0. The summed E-state index contributed by atoms with van der Waals surface area (Å²) < 4.78 is 0. The Kier molecular flexibility index (Phi) is 25.5. The summed E-state index contributed by atoms with van der Waals surface area (Å²) in [4.78, 5) is 150. The molecule has 1 heterocycles. The van der Waals surface area contributed by atoms with E-state index >= 15 is 0 Å². The van der Waals surface area contributed by atoms with E-state index in [1.807, 2.05) is 0 Å². The van der Waals surface area contributed by atoms with Crippen molar-refractivity contribution in [3.63, 3.8) is 0 Å². The zero-order valence-corrected chi connectivity index (χ0v) is 42.4. The van der Waals surface area contributed by atoms with Crippen molar-refractivity contribution in [2.45, 2.75) is 113 Å². The molecule has 11 amide bonds. The summed E-state index contributed by atoms with van der Waals surface area (Å²) in [6.45, 7) is 0.963. The van der Waals surface area contributed by atoms with E-state index in [9.17, 15) is 57.8 Å². The topological polar surface area (TPSA) is 438 Å². The Hall–Kier alpha value is -7.62. The highest BCUT2D eigenvalue weighted by atomic mass is 33.1. The molecular weight excluding hydrogens is 1000 g/mol. The van der Waals surface area contributed by atoms with Gasteiger partial charge in [-0.25, -0.2) is 0 Å². The van der Waals surface area contributed by atoms with Gasteiger partial charge in [-0.3, -0.25) is 57.7 Å². The van der Waals surface area contributed by atoms with E-state index in [0.717, 1.165) is 10.8 Å². The number of amides is 11. The number of primary amides is 3. The van der Waals surface area contributed by atoms with Gasteiger partial charge in [0.15, 0.2) is 5.96 Å². The highest BCUT2D eigenvalue weighted by Crippen LogP contribution is 2.20. The Morgan fingerprint density at radius 3 is 1.84 bits per heavy atom. The number of guanidine groups is 1. The summed E-state index contributed by atoms with van der Waals surface area (Å²) >= 11 is 4.06. The highest BCUT2D eigenvalue weighted by Gasteiger charge is 2.39. The summed E-state index contributed by atoms with van der Waals surface area (Å²) in [5, 5.41) is 27.4. The van der Waals surface area contributed by atoms with Crippen LogP contribution in [0.25, 0.3) is 0 Å². The van der Waals surface area contributed by atoms with Crippen molar-refractivity contribution in [3.05, 3.63) is 65.7 Å². The van der Waals surface area contributed by atoms with E-state index in [-0.39, 0.29) is 63.3 Å². The fourth-order valence-corrected chi connectivity index (χ4v) is 8.14. The normalized spacial score (nSPS) is 15.3. The summed E-state index contributed by atoms with van der Waals surface area (Å²) in [5.41, 5.74) is 27.9. The number of aliphatic imine (C=N–C) groups is 1. The fraction of sp³-hybridized carbons (Fsp3) is 0.478. The molecule has 1 fully saturated rings. The molecule has 1 aliphatic rings. The predicted octanol–water partition coefficient (Wildman–Crippen LogP) is -4.14. The van der Waals surface area contributed by atoms with E-state index in [0.29, 0.717) is 23.3 Å². The third-order valence-corrected chi connectivity index (χ3v) is 12.2. The Balaban J connectivity index is 1.83. The molecule has 18 N–H and O–H groups in total. The lowest BCUT2D eigenvalue weighted by molar-refractivity contribution is -0.142. The van der Waals surface area contributed by atoms with Crippen molar-refractivity contribution in [2.75, 3.05) is 25.4 Å². The van der Waals surface area contributed by atoms with Crippen LogP contribution in [0.3, 0.4) is 0 Å². The summed E-state index contributed by atoms with van der Waals surface area (Å²) in [6, 6.07) is 4.66. The number of rotatable bonds is 31. The average Bonchev–Trinajstić information content (AvgIpc) is 3.85. The number of nitrogens with one attached hydrogen (secondary N) is 7. The minimum atomic E-state index is -1.76. The van der Waals surface area contributed by atoms with E-state index in [1.165, 1.54) is 24.0 Å². The summed E-state index contributed by atoms with van der Waals surface area (Å²) in [7, 11) is 1.12. The van der Waals surface area contributed by atoms with E-state index in [2.05, 4.69) is 53.9 Å². The molecular formula is C46H66N14O12S2. The standard InChI is InChI=1S/C46H66N14O12S2/c1-25(45(72)60-19-6-10-34(60)44(71)57-29(9-5-18-52-46(50)51)39(66)53-24-37(49)64)54-41(68)33(23-36(48)63)59-40(67)30(15-16-35(47)62)56-43(70)32(21-26-7-3-2-4-8-26)58-42(69)31(55-38(65)17-20-74-73)22-27-11-13-28(61)14-12-27/h2-4,7-8,11-14,25,29-34,61,73H,5-6,9-10,15-24H2,1H3,(H2,47,62)(H2,48,63)(H2,49,64)(H,53,66)(H,54,68)(H,55,65)(H,56,70)(H,57,71)(H,58,69)(H,59,67)(H4,50,51,52)/t25-,29?,30?,31?,32?,33?,34?/m0/s1. The first kappa shape index (κ1) is 60.7. The van der Waals surface area contributed by atoms with Crippen LogP contribution >= 0.6 is 22.5 Å². The van der Waals surface area contributed by atoms with Gasteiger partial charge in [-0.05, 0) is 62.3 Å². The molecule has 1 aliphatic heterocycles. The monoisotopic (exact) mass is 1070 g/mol. The molecule has 1 saturated heterocycles. The molecule has 2 aromatic carbocycles. The second-order valence-corrected chi connectivity index (χ2v) is 18.7.